The molecule has 260 valence electrons. The van der Waals surface area contributed by atoms with Crippen molar-refractivity contribution < 1.29 is 14.3 Å². The predicted octanol–water partition coefficient (Wildman–Crippen LogP) is 9.69. The van der Waals surface area contributed by atoms with Crippen LogP contribution >= 0.6 is 11.8 Å². The van der Waals surface area contributed by atoms with E-state index in [0.717, 1.165) is 88.2 Å². The first kappa shape index (κ1) is 35.3. The summed E-state index contributed by atoms with van der Waals surface area (Å²) in [6.07, 6.45) is 6.90. The van der Waals surface area contributed by atoms with E-state index in [0.29, 0.717) is 25.6 Å². The SMILES string of the molecule is CCCCOCCOc1ccc(-c2ccc3c(c2)C=C(C(=O)Nc2ccc(SCc4cnc5cccc(C)n45)cc2)CCN3CC(C)C)cc1. The summed E-state index contributed by atoms with van der Waals surface area (Å²) in [7, 11) is 0. The number of aromatic nitrogens is 2. The Balaban J connectivity index is 1.12. The number of nitrogens with one attached hydrogen (secondary N) is 1. The lowest BCUT2D eigenvalue weighted by Crippen LogP contribution is -2.29. The van der Waals surface area contributed by atoms with Gasteiger partial charge in [-0.05, 0) is 109 Å². The molecule has 0 spiro atoms. The molecule has 6 rings (SSSR count). The number of hydrogen-bond acceptors (Lipinski definition) is 6. The van der Waals surface area contributed by atoms with Crippen molar-refractivity contribution in [1.29, 1.82) is 0 Å². The molecule has 1 amide bonds. The number of anilines is 2. The normalized spacial score (nSPS) is 12.9. The highest BCUT2D eigenvalue weighted by atomic mass is 32.2. The van der Waals surface area contributed by atoms with Gasteiger partial charge in [0.2, 0.25) is 0 Å². The molecule has 1 aliphatic rings. The lowest BCUT2D eigenvalue weighted by atomic mass is 10.00. The van der Waals surface area contributed by atoms with E-state index in [-0.39, 0.29) is 5.91 Å². The summed E-state index contributed by atoms with van der Waals surface area (Å²) < 4.78 is 13.7. The maximum atomic E-state index is 13.7. The molecule has 0 saturated heterocycles. The number of carbonyl (C=O) groups is 1. The summed E-state index contributed by atoms with van der Waals surface area (Å²) in [5.74, 6) is 2.08. The Bertz CT molecular complexity index is 1910. The van der Waals surface area contributed by atoms with Crippen LogP contribution in [0.1, 0.15) is 57.0 Å². The molecule has 7 nitrogen and oxygen atoms in total. The van der Waals surface area contributed by atoms with Crippen LogP contribution in [0.15, 0.2) is 102 Å². The van der Waals surface area contributed by atoms with Gasteiger partial charge < -0.3 is 24.1 Å². The zero-order valence-corrected chi connectivity index (χ0v) is 30.5. The summed E-state index contributed by atoms with van der Waals surface area (Å²) in [6.45, 7) is 12.4. The van der Waals surface area contributed by atoms with Crippen LogP contribution in [0, 0.1) is 12.8 Å². The van der Waals surface area contributed by atoms with Gasteiger partial charge in [0, 0.05) is 53.0 Å². The zero-order valence-electron chi connectivity index (χ0n) is 29.7. The summed E-state index contributed by atoms with van der Waals surface area (Å²) in [6, 6.07) is 29.1. The van der Waals surface area contributed by atoms with Gasteiger partial charge in [0.1, 0.15) is 18.0 Å². The number of hydrogen-bond donors (Lipinski definition) is 1. The number of fused-ring (bicyclic) bond motifs is 2. The van der Waals surface area contributed by atoms with Crippen LogP contribution in [0.25, 0.3) is 22.9 Å². The number of rotatable bonds is 15. The molecular formula is C42H48N4O3S. The number of unbranched alkanes of at least 4 members (excludes halogenated alkanes) is 1. The van der Waals surface area contributed by atoms with Gasteiger partial charge in [-0.25, -0.2) is 4.98 Å². The van der Waals surface area contributed by atoms with E-state index in [1.54, 1.807) is 11.8 Å². The summed E-state index contributed by atoms with van der Waals surface area (Å²) in [4.78, 5) is 21.8. The van der Waals surface area contributed by atoms with Crippen molar-refractivity contribution in [3.63, 3.8) is 0 Å². The minimum atomic E-state index is -0.0606. The summed E-state index contributed by atoms with van der Waals surface area (Å²) in [5, 5.41) is 3.17. The average molecular weight is 689 g/mol. The molecule has 5 aromatic rings. The Hall–Kier alpha value is -4.53. The lowest BCUT2D eigenvalue weighted by Gasteiger charge is -2.27. The van der Waals surface area contributed by atoms with E-state index in [1.807, 2.05) is 42.6 Å². The molecule has 3 aromatic carbocycles. The number of pyridine rings is 1. The number of benzene rings is 3. The zero-order chi connectivity index (χ0) is 34.9. The first-order valence-corrected chi connectivity index (χ1v) is 18.7. The number of aryl methyl sites for hydroxylation is 1. The highest BCUT2D eigenvalue weighted by Gasteiger charge is 2.21. The van der Waals surface area contributed by atoms with Gasteiger partial charge in [0.15, 0.2) is 0 Å². The van der Waals surface area contributed by atoms with Gasteiger partial charge in [-0.2, -0.15) is 0 Å². The largest absolute Gasteiger partial charge is 0.491 e. The van der Waals surface area contributed by atoms with E-state index in [2.05, 4.69) is 102 Å². The van der Waals surface area contributed by atoms with Gasteiger partial charge in [-0.15, -0.1) is 11.8 Å². The van der Waals surface area contributed by atoms with Gasteiger partial charge in [-0.1, -0.05) is 51.5 Å². The smallest absolute Gasteiger partial charge is 0.251 e. The third kappa shape index (κ3) is 8.97. The van der Waals surface area contributed by atoms with Gasteiger partial charge >= 0.3 is 0 Å². The molecule has 0 saturated carbocycles. The van der Waals surface area contributed by atoms with Crippen molar-refractivity contribution >= 4 is 40.8 Å². The third-order valence-corrected chi connectivity index (χ3v) is 9.89. The van der Waals surface area contributed by atoms with Crippen molar-refractivity contribution in [2.24, 2.45) is 5.92 Å². The van der Waals surface area contributed by atoms with Crippen LogP contribution in [0.2, 0.25) is 0 Å². The van der Waals surface area contributed by atoms with Crippen molar-refractivity contribution in [2.75, 3.05) is 43.1 Å². The molecule has 50 heavy (non-hydrogen) atoms. The monoisotopic (exact) mass is 688 g/mol. The Morgan fingerprint density at radius 3 is 2.54 bits per heavy atom. The Kier molecular flexibility index (Phi) is 11.9. The Labute approximate surface area is 300 Å². The molecule has 3 heterocycles. The van der Waals surface area contributed by atoms with Gasteiger partial charge in [-0.3, -0.25) is 4.79 Å². The quantitative estimate of drug-likeness (QED) is 0.0873. The van der Waals surface area contributed by atoms with Crippen LogP contribution in [-0.4, -0.2) is 48.2 Å². The van der Waals surface area contributed by atoms with Crippen LogP contribution in [-0.2, 0) is 15.3 Å². The second kappa shape index (κ2) is 16.9. The van der Waals surface area contributed by atoms with E-state index in [1.165, 1.54) is 11.4 Å². The van der Waals surface area contributed by atoms with Crippen molar-refractivity contribution in [3.05, 3.63) is 114 Å². The molecule has 0 unspecified atom stereocenters. The molecule has 2 aromatic heterocycles. The maximum absolute atomic E-state index is 13.7. The lowest BCUT2D eigenvalue weighted by molar-refractivity contribution is -0.112. The van der Waals surface area contributed by atoms with Crippen LogP contribution in [0.4, 0.5) is 11.4 Å². The number of ether oxygens (including phenoxy) is 2. The molecular weight excluding hydrogens is 641 g/mol. The first-order chi connectivity index (χ1) is 24.4. The van der Waals surface area contributed by atoms with E-state index in [9.17, 15) is 4.79 Å². The fraction of sp³-hybridized carbons (Fsp3) is 0.333. The van der Waals surface area contributed by atoms with Crippen molar-refractivity contribution in [1.82, 2.24) is 9.38 Å². The van der Waals surface area contributed by atoms with E-state index >= 15 is 0 Å². The maximum Gasteiger partial charge on any atom is 0.251 e. The van der Waals surface area contributed by atoms with Crippen LogP contribution in [0.3, 0.4) is 0 Å². The third-order valence-electron chi connectivity index (χ3n) is 8.85. The first-order valence-electron chi connectivity index (χ1n) is 17.7. The van der Waals surface area contributed by atoms with E-state index < -0.39 is 0 Å². The van der Waals surface area contributed by atoms with E-state index in [4.69, 9.17) is 9.47 Å². The number of imidazole rings is 1. The summed E-state index contributed by atoms with van der Waals surface area (Å²) >= 11 is 1.76. The highest BCUT2D eigenvalue weighted by Crippen LogP contribution is 2.34. The van der Waals surface area contributed by atoms with Crippen LogP contribution < -0.4 is 15.0 Å². The molecule has 0 radical (unpaired) electrons. The highest BCUT2D eigenvalue weighted by molar-refractivity contribution is 7.98. The van der Waals surface area contributed by atoms with Gasteiger partial charge in [0.25, 0.3) is 5.91 Å². The van der Waals surface area contributed by atoms with Crippen molar-refractivity contribution in [3.8, 4) is 16.9 Å². The number of amides is 1. The molecule has 1 N–H and O–H groups in total. The number of carbonyl (C=O) groups excluding carboxylic acids is 1. The molecule has 0 atom stereocenters. The minimum Gasteiger partial charge on any atom is -0.491 e. The van der Waals surface area contributed by atoms with Crippen molar-refractivity contribution in [2.45, 2.75) is 57.6 Å². The topological polar surface area (TPSA) is 68.1 Å². The minimum absolute atomic E-state index is 0.0606. The Morgan fingerprint density at radius 1 is 0.960 bits per heavy atom. The standard InChI is InChI=1S/C42H48N4O3S/c1-5-6-22-48-23-24-49-38-15-10-32(11-16-38)33-12-19-40-35(25-33)26-34(20-21-45(40)28-30(2)3)42(47)44-36-13-17-39(18-14-36)50-29-37-27-43-41-9-7-8-31(4)46(37)41/h7-19,25-27,30H,5-6,20-24,28-29H2,1-4H3,(H,44,47). The second-order valence-corrected chi connectivity index (χ2v) is 14.3. The fourth-order valence-corrected chi connectivity index (χ4v) is 7.12. The molecule has 8 heteroatoms. The number of nitrogens with zero attached hydrogens (tertiary/aromatic N) is 3. The average Bonchev–Trinajstić information content (AvgIpc) is 3.46. The van der Waals surface area contributed by atoms with Gasteiger partial charge in [0.05, 0.1) is 18.5 Å². The molecule has 0 bridgehead atoms. The second-order valence-electron chi connectivity index (χ2n) is 13.2. The molecule has 0 aliphatic carbocycles. The molecule has 0 fully saturated rings. The Morgan fingerprint density at radius 2 is 1.76 bits per heavy atom. The van der Waals surface area contributed by atoms with Crippen LogP contribution in [0.5, 0.6) is 5.75 Å². The predicted molar refractivity (Wildman–Crippen MR) is 207 cm³/mol. The summed E-state index contributed by atoms with van der Waals surface area (Å²) in [5.41, 5.74) is 9.31. The molecule has 1 aliphatic heterocycles. The number of thioether (sulfide) groups is 1. The fourth-order valence-electron chi connectivity index (χ4n) is 6.27.